The summed E-state index contributed by atoms with van der Waals surface area (Å²) in [5, 5.41) is 19.1. The third-order valence-corrected chi connectivity index (χ3v) is 4.14. The highest BCUT2D eigenvalue weighted by atomic mass is 32.1. The van der Waals surface area contributed by atoms with Crippen LogP contribution >= 0.6 is 11.3 Å². The smallest absolute Gasteiger partial charge is 0.335 e. The van der Waals surface area contributed by atoms with Crippen molar-refractivity contribution in [3.63, 3.8) is 0 Å². The molecule has 1 saturated carbocycles. The summed E-state index contributed by atoms with van der Waals surface area (Å²) in [4.78, 5) is 11.6. The molecule has 1 aliphatic rings. The van der Waals surface area contributed by atoms with Crippen molar-refractivity contribution in [2.75, 3.05) is 0 Å². The highest BCUT2D eigenvalue weighted by Crippen LogP contribution is 2.47. The molecule has 0 radical (unpaired) electrons. The molecule has 2 aromatic rings. The fraction of sp³-hybridized carbons (Fsp3) is 0.231. The van der Waals surface area contributed by atoms with Crippen LogP contribution in [0, 0.1) is 11.3 Å². The number of carboxylic acids is 1. The number of carbonyl (C=O) groups is 1. The molecule has 0 saturated heterocycles. The summed E-state index contributed by atoms with van der Waals surface area (Å²) in [6, 6.07) is 7.34. The summed E-state index contributed by atoms with van der Waals surface area (Å²) in [6.07, 6.45) is 2.28. The Balaban J connectivity index is 2.26. The fourth-order valence-electron chi connectivity index (χ4n) is 2.11. The van der Waals surface area contributed by atoms with E-state index in [4.69, 9.17) is 10.4 Å². The third-order valence-electron chi connectivity index (χ3n) is 3.06. The molecule has 3 rings (SSSR count). The van der Waals surface area contributed by atoms with Gasteiger partial charge in [0.1, 0.15) is 10.9 Å². The molecule has 1 aromatic heterocycles. The predicted molar refractivity (Wildman–Crippen MR) is 65.5 cm³/mol. The maximum Gasteiger partial charge on any atom is 0.335 e. The van der Waals surface area contributed by atoms with E-state index in [0.29, 0.717) is 5.92 Å². The Morgan fingerprint density at radius 1 is 1.47 bits per heavy atom. The van der Waals surface area contributed by atoms with E-state index in [1.807, 2.05) is 6.07 Å². The summed E-state index contributed by atoms with van der Waals surface area (Å²) < 4.78 is 0.906. The summed E-state index contributed by atoms with van der Waals surface area (Å²) in [6.45, 7) is 0. The van der Waals surface area contributed by atoms with Crippen LogP contribution in [-0.4, -0.2) is 11.1 Å². The molecule has 0 amide bonds. The molecular formula is C13H9NO2S. The summed E-state index contributed by atoms with van der Waals surface area (Å²) >= 11 is 1.40. The number of fused-ring (bicyclic) bond motifs is 1. The maximum absolute atomic E-state index is 10.9. The Morgan fingerprint density at radius 2 is 2.24 bits per heavy atom. The van der Waals surface area contributed by atoms with E-state index in [-0.39, 0.29) is 5.56 Å². The van der Waals surface area contributed by atoms with Gasteiger partial charge in [0, 0.05) is 4.70 Å². The second kappa shape index (κ2) is 3.57. The largest absolute Gasteiger partial charge is 0.478 e. The van der Waals surface area contributed by atoms with Crippen LogP contribution in [0.25, 0.3) is 10.1 Å². The molecule has 1 heterocycles. The zero-order chi connectivity index (χ0) is 12.0. The molecular weight excluding hydrogens is 234 g/mol. The minimum absolute atomic E-state index is 0.283. The fourth-order valence-corrected chi connectivity index (χ4v) is 3.24. The van der Waals surface area contributed by atoms with E-state index >= 15 is 0 Å². The molecule has 0 aliphatic heterocycles. The number of benzene rings is 1. The molecule has 0 unspecified atom stereocenters. The number of carboxylic acid groups (broad SMARTS) is 1. The number of nitrogens with zero attached hydrogens (tertiary/aromatic N) is 1. The van der Waals surface area contributed by atoms with Gasteiger partial charge in [-0.05, 0) is 41.8 Å². The van der Waals surface area contributed by atoms with E-state index in [9.17, 15) is 4.79 Å². The number of rotatable bonds is 2. The molecule has 3 nitrogen and oxygen atoms in total. The normalized spacial score (nSPS) is 14.8. The topological polar surface area (TPSA) is 61.1 Å². The first-order valence-electron chi connectivity index (χ1n) is 5.40. The third kappa shape index (κ3) is 1.60. The van der Waals surface area contributed by atoms with Gasteiger partial charge in [0.15, 0.2) is 0 Å². The second-order valence-electron chi connectivity index (χ2n) is 4.25. The number of hydrogen-bond donors (Lipinski definition) is 1. The molecule has 4 heteroatoms. The number of hydrogen-bond acceptors (Lipinski definition) is 3. The van der Waals surface area contributed by atoms with Gasteiger partial charge < -0.3 is 5.11 Å². The standard InChI is InChI=1S/C13H9NO2S/c14-6-11-12(7-1-2-7)9-4-3-8(13(15)16)5-10(9)17-11/h3-5,7H,1-2H2,(H,15,16). The van der Waals surface area contributed by atoms with Gasteiger partial charge in [-0.25, -0.2) is 4.79 Å². The van der Waals surface area contributed by atoms with Crippen LogP contribution in [0.15, 0.2) is 18.2 Å². The number of thiophene rings is 1. The quantitative estimate of drug-likeness (QED) is 0.879. The van der Waals surface area contributed by atoms with Crippen molar-refractivity contribution in [1.29, 1.82) is 5.26 Å². The van der Waals surface area contributed by atoms with E-state index in [1.54, 1.807) is 12.1 Å². The van der Waals surface area contributed by atoms with Gasteiger partial charge in [0.2, 0.25) is 0 Å². The Bertz CT molecular complexity index is 662. The van der Waals surface area contributed by atoms with Gasteiger partial charge in [0.25, 0.3) is 0 Å². The van der Waals surface area contributed by atoms with Gasteiger partial charge in [-0.15, -0.1) is 11.3 Å². The first kappa shape index (κ1) is 10.3. The molecule has 1 N–H and O–H groups in total. The first-order chi connectivity index (χ1) is 8.20. The molecule has 0 spiro atoms. The van der Waals surface area contributed by atoms with Crippen molar-refractivity contribution >= 4 is 27.4 Å². The lowest BCUT2D eigenvalue weighted by Crippen LogP contribution is -1.94. The van der Waals surface area contributed by atoms with Crippen molar-refractivity contribution in [1.82, 2.24) is 0 Å². The zero-order valence-electron chi connectivity index (χ0n) is 8.93. The predicted octanol–water partition coefficient (Wildman–Crippen LogP) is 3.35. The second-order valence-corrected chi connectivity index (χ2v) is 5.30. The van der Waals surface area contributed by atoms with Crippen molar-refractivity contribution in [2.24, 2.45) is 0 Å². The van der Waals surface area contributed by atoms with Crippen LogP contribution in [0.5, 0.6) is 0 Å². The minimum Gasteiger partial charge on any atom is -0.478 e. The van der Waals surface area contributed by atoms with Crippen LogP contribution in [0.4, 0.5) is 0 Å². The maximum atomic E-state index is 10.9. The van der Waals surface area contributed by atoms with Crippen LogP contribution in [0.2, 0.25) is 0 Å². The summed E-state index contributed by atoms with van der Waals surface area (Å²) in [5.74, 6) is -0.416. The van der Waals surface area contributed by atoms with E-state index in [0.717, 1.165) is 33.4 Å². The lowest BCUT2D eigenvalue weighted by Gasteiger charge is -1.97. The first-order valence-corrected chi connectivity index (χ1v) is 6.22. The molecule has 1 aromatic carbocycles. The van der Waals surface area contributed by atoms with Crippen molar-refractivity contribution in [3.8, 4) is 6.07 Å². The van der Waals surface area contributed by atoms with E-state index in [2.05, 4.69) is 6.07 Å². The van der Waals surface area contributed by atoms with Gasteiger partial charge in [0.05, 0.1) is 5.56 Å². The van der Waals surface area contributed by atoms with Crippen LogP contribution in [0.3, 0.4) is 0 Å². The summed E-state index contributed by atoms with van der Waals surface area (Å²) in [5.41, 5.74) is 1.41. The molecule has 1 fully saturated rings. The lowest BCUT2D eigenvalue weighted by atomic mass is 10.1. The average Bonchev–Trinajstić information content (AvgIpc) is 3.08. The number of nitriles is 1. The van der Waals surface area contributed by atoms with E-state index in [1.165, 1.54) is 11.3 Å². The Labute approximate surface area is 102 Å². The van der Waals surface area contributed by atoms with Gasteiger partial charge in [-0.2, -0.15) is 5.26 Å². The van der Waals surface area contributed by atoms with Crippen molar-refractivity contribution in [3.05, 3.63) is 34.2 Å². The van der Waals surface area contributed by atoms with Crippen molar-refractivity contribution in [2.45, 2.75) is 18.8 Å². The van der Waals surface area contributed by atoms with Crippen LogP contribution in [-0.2, 0) is 0 Å². The highest BCUT2D eigenvalue weighted by molar-refractivity contribution is 7.19. The van der Waals surface area contributed by atoms with Gasteiger partial charge in [-0.3, -0.25) is 0 Å². The van der Waals surface area contributed by atoms with Crippen LogP contribution < -0.4 is 0 Å². The Hall–Kier alpha value is -1.86. The summed E-state index contributed by atoms with van der Waals surface area (Å²) in [7, 11) is 0. The monoisotopic (exact) mass is 243 g/mol. The Morgan fingerprint density at radius 3 is 2.82 bits per heavy atom. The SMILES string of the molecule is N#Cc1sc2cc(C(=O)O)ccc2c1C1CC1. The average molecular weight is 243 g/mol. The van der Waals surface area contributed by atoms with Crippen molar-refractivity contribution < 1.29 is 9.90 Å². The van der Waals surface area contributed by atoms with E-state index < -0.39 is 5.97 Å². The molecule has 1 aliphatic carbocycles. The minimum atomic E-state index is -0.924. The molecule has 17 heavy (non-hydrogen) atoms. The molecule has 0 atom stereocenters. The van der Waals surface area contributed by atoms with Gasteiger partial charge in [-0.1, -0.05) is 6.07 Å². The molecule has 84 valence electrons. The zero-order valence-corrected chi connectivity index (χ0v) is 9.75. The number of aromatic carboxylic acids is 1. The lowest BCUT2D eigenvalue weighted by molar-refractivity contribution is 0.0697. The highest BCUT2D eigenvalue weighted by Gasteiger charge is 2.29. The Kier molecular flexibility index (Phi) is 2.17. The van der Waals surface area contributed by atoms with Crippen LogP contribution in [0.1, 0.15) is 39.6 Å². The molecule has 0 bridgehead atoms. The van der Waals surface area contributed by atoms with Gasteiger partial charge >= 0.3 is 5.97 Å².